The molecule has 1 unspecified atom stereocenters. The lowest BCUT2D eigenvalue weighted by atomic mass is 9.82. The standard InChI is InChI=1S/C16H27NO3/c1-2-8-16(15(19)20)9-10-17(12-16)14(18)11-13-6-4-3-5-7-13/h13H,2-12H2,1H3,(H,19,20). The molecule has 0 aromatic carbocycles. The fourth-order valence-electron chi connectivity index (χ4n) is 3.82. The van der Waals surface area contributed by atoms with E-state index >= 15 is 0 Å². The molecule has 0 spiro atoms. The van der Waals surface area contributed by atoms with Crippen molar-refractivity contribution in [2.24, 2.45) is 11.3 Å². The smallest absolute Gasteiger partial charge is 0.311 e. The number of nitrogens with zero attached hydrogens (tertiary/aromatic N) is 1. The molecular weight excluding hydrogens is 254 g/mol. The molecule has 1 amide bonds. The Kier molecular flexibility index (Phi) is 5.06. The summed E-state index contributed by atoms with van der Waals surface area (Å²) >= 11 is 0. The summed E-state index contributed by atoms with van der Waals surface area (Å²) in [6.45, 7) is 3.05. The Bertz CT molecular complexity index is 363. The molecule has 2 fully saturated rings. The van der Waals surface area contributed by atoms with Gasteiger partial charge in [-0.25, -0.2) is 0 Å². The van der Waals surface area contributed by atoms with Crippen LogP contribution >= 0.6 is 0 Å². The molecule has 114 valence electrons. The van der Waals surface area contributed by atoms with E-state index < -0.39 is 11.4 Å². The molecule has 1 saturated heterocycles. The maximum absolute atomic E-state index is 12.4. The Morgan fingerprint density at radius 3 is 2.55 bits per heavy atom. The third kappa shape index (κ3) is 3.33. The van der Waals surface area contributed by atoms with Gasteiger partial charge in [-0.1, -0.05) is 32.6 Å². The lowest BCUT2D eigenvalue weighted by molar-refractivity contribution is -0.149. The number of likely N-dealkylation sites (tertiary alicyclic amines) is 1. The number of aliphatic carboxylic acids is 1. The van der Waals surface area contributed by atoms with E-state index in [1.807, 2.05) is 6.92 Å². The Morgan fingerprint density at radius 1 is 1.25 bits per heavy atom. The normalized spacial score (nSPS) is 27.8. The Morgan fingerprint density at radius 2 is 1.95 bits per heavy atom. The van der Waals surface area contributed by atoms with E-state index in [0.717, 1.165) is 6.42 Å². The number of carboxylic acids is 1. The van der Waals surface area contributed by atoms with Crippen LogP contribution in [0.1, 0.15) is 64.7 Å². The maximum atomic E-state index is 12.4. The van der Waals surface area contributed by atoms with Crippen LogP contribution in [0.5, 0.6) is 0 Å². The van der Waals surface area contributed by atoms with E-state index in [0.29, 0.717) is 38.3 Å². The molecule has 4 nitrogen and oxygen atoms in total. The molecular formula is C16H27NO3. The van der Waals surface area contributed by atoms with Crippen molar-refractivity contribution in [1.29, 1.82) is 0 Å². The molecule has 0 aromatic heterocycles. The topological polar surface area (TPSA) is 57.6 Å². The van der Waals surface area contributed by atoms with E-state index in [-0.39, 0.29) is 5.91 Å². The van der Waals surface area contributed by atoms with Gasteiger partial charge in [0.25, 0.3) is 0 Å². The summed E-state index contributed by atoms with van der Waals surface area (Å²) in [5.41, 5.74) is -0.684. The minimum Gasteiger partial charge on any atom is -0.481 e. The van der Waals surface area contributed by atoms with Crippen molar-refractivity contribution in [3.8, 4) is 0 Å². The van der Waals surface area contributed by atoms with Crippen molar-refractivity contribution < 1.29 is 14.7 Å². The average molecular weight is 281 g/mol. The van der Waals surface area contributed by atoms with Crippen molar-refractivity contribution in [2.45, 2.75) is 64.7 Å². The van der Waals surface area contributed by atoms with Gasteiger partial charge in [-0.2, -0.15) is 0 Å². The Balaban J connectivity index is 1.90. The number of carbonyl (C=O) groups is 2. The maximum Gasteiger partial charge on any atom is 0.311 e. The number of hydrogen-bond donors (Lipinski definition) is 1. The van der Waals surface area contributed by atoms with Crippen molar-refractivity contribution in [3.63, 3.8) is 0 Å². The zero-order chi connectivity index (χ0) is 14.6. The van der Waals surface area contributed by atoms with Gasteiger partial charge in [0.15, 0.2) is 0 Å². The second kappa shape index (κ2) is 6.59. The van der Waals surface area contributed by atoms with Crippen LogP contribution in [0.15, 0.2) is 0 Å². The third-order valence-corrected chi connectivity index (χ3v) is 5.08. The summed E-state index contributed by atoms with van der Waals surface area (Å²) in [6, 6.07) is 0. The van der Waals surface area contributed by atoms with Gasteiger partial charge in [-0.15, -0.1) is 0 Å². The molecule has 0 aromatic rings. The molecule has 1 atom stereocenters. The van der Waals surface area contributed by atoms with Crippen molar-refractivity contribution >= 4 is 11.9 Å². The van der Waals surface area contributed by atoms with Gasteiger partial charge in [0.2, 0.25) is 5.91 Å². The molecule has 1 aliphatic carbocycles. The SMILES string of the molecule is CCCC1(C(=O)O)CCN(C(=O)CC2CCCCC2)C1. The average Bonchev–Trinajstić information content (AvgIpc) is 2.86. The monoisotopic (exact) mass is 281 g/mol. The first-order valence-corrected chi connectivity index (χ1v) is 8.08. The van der Waals surface area contributed by atoms with Crippen LogP contribution in [-0.4, -0.2) is 35.0 Å². The van der Waals surface area contributed by atoms with Crippen molar-refractivity contribution in [1.82, 2.24) is 4.90 Å². The summed E-state index contributed by atoms with van der Waals surface area (Å²) < 4.78 is 0. The molecule has 2 aliphatic rings. The highest BCUT2D eigenvalue weighted by atomic mass is 16.4. The molecule has 1 heterocycles. The van der Waals surface area contributed by atoms with E-state index in [1.165, 1.54) is 32.1 Å². The summed E-state index contributed by atoms with van der Waals surface area (Å²) in [5.74, 6) is -0.0225. The van der Waals surface area contributed by atoms with E-state index in [2.05, 4.69) is 0 Å². The zero-order valence-corrected chi connectivity index (χ0v) is 12.6. The first-order chi connectivity index (χ1) is 9.57. The van der Waals surface area contributed by atoms with Gasteiger partial charge in [0.1, 0.15) is 0 Å². The van der Waals surface area contributed by atoms with Crippen LogP contribution < -0.4 is 0 Å². The minimum atomic E-state index is -0.729. The van der Waals surface area contributed by atoms with Gasteiger partial charge in [0, 0.05) is 19.5 Å². The third-order valence-electron chi connectivity index (χ3n) is 5.08. The van der Waals surface area contributed by atoms with Gasteiger partial charge in [0.05, 0.1) is 5.41 Å². The predicted octanol–water partition coefficient (Wildman–Crippen LogP) is 3.06. The number of carboxylic acid groups (broad SMARTS) is 1. The molecule has 1 N–H and O–H groups in total. The van der Waals surface area contributed by atoms with E-state index in [9.17, 15) is 14.7 Å². The molecule has 20 heavy (non-hydrogen) atoms. The predicted molar refractivity (Wildman–Crippen MR) is 77.4 cm³/mol. The molecule has 1 saturated carbocycles. The van der Waals surface area contributed by atoms with E-state index in [1.54, 1.807) is 4.90 Å². The zero-order valence-electron chi connectivity index (χ0n) is 12.6. The van der Waals surface area contributed by atoms with Gasteiger partial charge >= 0.3 is 5.97 Å². The van der Waals surface area contributed by atoms with E-state index in [4.69, 9.17) is 0 Å². The molecule has 0 bridgehead atoms. The lowest BCUT2D eigenvalue weighted by Gasteiger charge is -2.26. The second-order valence-electron chi connectivity index (χ2n) is 6.61. The largest absolute Gasteiger partial charge is 0.481 e. The molecule has 4 heteroatoms. The number of hydrogen-bond acceptors (Lipinski definition) is 2. The van der Waals surface area contributed by atoms with Crippen molar-refractivity contribution in [3.05, 3.63) is 0 Å². The lowest BCUT2D eigenvalue weighted by Crippen LogP contribution is -2.37. The summed E-state index contributed by atoms with van der Waals surface area (Å²) in [6.07, 6.45) is 8.89. The van der Waals surface area contributed by atoms with Gasteiger partial charge < -0.3 is 10.0 Å². The van der Waals surface area contributed by atoms with Gasteiger partial charge in [-0.05, 0) is 31.6 Å². The first-order valence-electron chi connectivity index (χ1n) is 8.08. The minimum absolute atomic E-state index is 0.177. The van der Waals surface area contributed by atoms with Crippen LogP contribution in [0.3, 0.4) is 0 Å². The van der Waals surface area contributed by atoms with Crippen molar-refractivity contribution in [2.75, 3.05) is 13.1 Å². The summed E-state index contributed by atoms with van der Waals surface area (Å²) in [5, 5.41) is 9.48. The number of amides is 1. The second-order valence-corrected chi connectivity index (χ2v) is 6.61. The van der Waals surface area contributed by atoms with Crippen LogP contribution in [0.4, 0.5) is 0 Å². The highest BCUT2D eigenvalue weighted by Crippen LogP contribution is 2.36. The highest BCUT2D eigenvalue weighted by molar-refractivity contribution is 5.80. The van der Waals surface area contributed by atoms with Crippen LogP contribution in [-0.2, 0) is 9.59 Å². The summed E-state index contributed by atoms with van der Waals surface area (Å²) in [4.78, 5) is 25.7. The van der Waals surface area contributed by atoms with Crippen LogP contribution in [0, 0.1) is 11.3 Å². The Labute approximate surface area is 121 Å². The fraction of sp³-hybridized carbons (Fsp3) is 0.875. The number of rotatable bonds is 5. The first kappa shape index (κ1) is 15.3. The number of carbonyl (C=O) groups excluding carboxylic acids is 1. The highest BCUT2D eigenvalue weighted by Gasteiger charge is 2.45. The van der Waals surface area contributed by atoms with Gasteiger partial charge in [-0.3, -0.25) is 9.59 Å². The summed E-state index contributed by atoms with van der Waals surface area (Å²) in [7, 11) is 0. The quantitative estimate of drug-likeness (QED) is 0.842. The van der Waals surface area contributed by atoms with Crippen LogP contribution in [0.25, 0.3) is 0 Å². The molecule has 0 radical (unpaired) electrons. The van der Waals surface area contributed by atoms with Crippen LogP contribution in [0.2, 0.25) is 0 Å². The Hall–Kier alpha value is -1.06. The molecule has 2 rings (SSSR count). The fourth-order valence-corrected chi connectivity index (χ4v) is 3.82. The molecule has 1 aliphatic heterocycles.